The van der Waals surface area contributed by atoms with Crippen molar-refractivity contribution in [3.63, 3.8) is 0 Å². The van der Waals surface area contributed by atoms with Crippen LogP contribution in [-0.4, -0.2) is 55.7 Å². The zero-order chi connectivity index (χ0) is 26.8. The molecule has 7 heteroatoms. The molecule has 3 fully saturated rings. The highest BCUT2D eigenvalue weighted by atomic mass is 19.1. The van der Waals surface area contributed by atoms with E-state index in [9.17, 15) is 9.59 Å². The summed E-state index contributed by atoms with van der Waals surface area (Å²) in [4.78, 5) is 23.6. The molecule has 3 aliphatic carbocycles. The lowest BCUT2D eigenvalue weighted by molar-refractivity contribution is -0.161. The first-order valence-electron chi connectivity index (χ1n) is 15.1. The van der Waals surface area contributed by atoms with E-state index >= 15 is 4.39 Å². The van der Waals surface area contributed by atoms with Crippen LogP contribution in [-0.2, 0) is 28.5 Å². The van der Waals surface area contributed by atoms with Crippen molar-refractivity contribution in [2.45, 2.75) is 142 Å². The van der Waals surface area contributed by atoms with Gasteiger partial charge in [0.25, 0.3) is 0 Å². The molecule has 0 amide bonds. The van der Waals surface area contributed by atoms with Crippen molar-refractivity contribution >= 4 is 11.9 Å². The molecule has 0 saturated heterocycles. The Morgan fingerprint density at radius 2 is 1.16 bits per heavy atom. The second-order valence-electron chi connectivity index (χ2n) is 11.7. The molecular formula is C30H51FO6. The van der Waals surface area contributed by atoms with E-state index in [4.69, 9.17) is 18.9 Å². The summed E-state index contributed by atoms with van der Waals surface area (Å²) in [5.74, 6) is 1.27. The van der Waals surface area contributed by atoms with Crippen LogP contribution in [0.5, 0.6) is 0 Å². The Hall–Kier alpha value is -1.21. The number of rotatable bonds is 12. The van der Waals surface area contributed by atoms with Gasteiger partial charge in [-0.05, 0) is 122 Å². The van der Waals surface area contributed by atoms with Gasteiger partial charge in [-0.1, -0.05) is 12.8 Å². The van der Waals surface area contributed by atoms with E-state index in [1.807, 2.05) is 6.92 Å². The van der Waals surface area contributed by atoms with Crippen LogP contribution < -0.4 is 0 Å². The minimum absolute atomic E-state index is 0.0823. The fraction of sp³-hybridized carbons (Fsp3) is 0.933. The summed E-state index contributed by atoms with van der Waals surface area (Å²) in [5, 5.41) is 0. The molecule has 0 aliphatic heterocycles. The highest BCUT2D eigenvalue weighted by Gasteiger charge is 2.38. The Morgan fingerprint density at radius 3 is 1.65 bits per heavy atom. The Balaban J connectivity index is 1.30. The van der Waals surface area contributed by atoms with Crippen LogP contribution in [0.2, 0.25) is 0 Å². The number of hydrogen-bond acceptors (Lipinski definition) is 6. The topological polar surface area (TPSA) is 71.1 Å². The van der Waals surface area contributed by atoms with Crippen molar-refractivity contribution in [2.75, 3.05) is 13.2 Å². The molecule has 214 valence electrons. The molecule has 0 aromatic heterocycles. The number of esters is 2. The molecule has 0 spiro atoms. The Labute approximate surface area is 223 Å². The number of carbonyl (C=O) groups excluding carboxylic acids is 2. The van der Waals surface area contributed by atoms with Crippen LogP contribution in [0, 0.1) is 23.7 Å². The van der Waals surface area contributed by atoms with Gasteiger partial charge in [-0.3, -0.25) is 0 Å². The SMILES string of the molecule is CCOC(=O)C(C)OC1CCC(CCC2CCC(C3CCC(O[C@H](C)C(=O)OCC)CC3)C(F)C2)CC1. The molecule has 0 heterocycles. The first kappa shape index (κ1) is 30.3. The summed E-state index contributed by atoms with van der Waals surface area (Å²) >= 11 is 0. The van der Waals surface area contributed by atoms with E-state index in [0.29, 0.717) is 31.0 Å². The predicted molar refractivity (Wildman–Crippen MR) is 141 cm³/mol. The smallest absolute Gasteiger partial charge is 0.334 e. The third-order valence-electron chi connectivity index (χ3n) is 9.06. The van der Waals surface area contributed by atoms with E-state index in [0.717, 1.165) is 77.0 Å². The van der Waals surface area contributed by atoms with Gasteiger partial charge < -0.3 is 18.9 Å². The van der Waals surface area contributed by atoms with E-state index in [-0.39, 0.29) is 30.1 Å². The van der Waals surface area contributed by atoms with Crippen molar-refractivity contribution < 1.29 is 32.9 Å². The molecule has 3 rings (SSSR count). The number of alkyl halides is 1. The molecule has 0 aromatic carbocycles. The van der Waals surface area contributed by atoms with Gasteiger partial charge in [0, 0.05) is 0 Å². The van der Waals surface area contributed by atoms with Crippen LogP contribution >= 0.6 is 0 Å². The molecule has 6 nitrogen and oxygen atoms in total. The Kier molecular flexibility index (Phi) is 12.6. The van der Waals surface area contributed by atoms with Crippen LogP contribution in [0.15, 0.2) is 0 Å². The molecule has 0 radical (unpaired) electrons. The minimum atomic E-state index is -0.687. The largest absolute Gasteiger partial charge is 0.464 e. The lowest BCUT2D eigenvalue weighted by atomic mass is 9.68. The van der Waals surface area contributed by atoms with Crippen molar-refractivity contribution in [1.29, 1.82) is 0 Å². The normalized spacial score (nSPS) is 34.4. The number of halogens is 1. The van der Waals surface area contributed by atoms with Crippen molar-refractivity contribution in [2.24, 2.45) is 23.7 Å². The van der Waals surface area contributed by atoms with Gasteiger partial charge >= 0.3 is 11.9 Å². The zero-order valence-corrected chi connectivity index (χ0v) is 23.6. The van der Waals surface area contributed by atoms with E-state index in [2.05, 4.69) is 0 Å². The molecule has 0 bridgehead atoms. The molecule has 3 saturated carbocycles. The van der Waals surface area contributed by atoms with Gasteiger partial charge in [-0.25, -0.2) is 14.0 Å². The fourth-order valence-electron chi connectivity index (χ4n) is 6.90. The van der Waals surface area contributed by atoms with Gasteiger partial charge in [-0.2, -0.15) is 0 Å². The number of carbonyl (C=O) groups is 2. The van der Waals surface area contributed by atoms with Crippen molar-refractivity contribution in [3.8, 4) is 0 Å². The third kappa shape index (κ3) is 9.49. The van der Waals surface area contributed by atoms with Crippen molar-refractivity contribution in [1.82, 2.24) is 0 Å². The standard InChI is InChI=1S/C30H51FO6/c1-5-34-29(32)20(3)36-25-14-9-22(10-15-25)7-8-23-11-18-27(28(31)19-23)24-12-16-26(17-13-24)37-21(4)30(33)35-6-2/h20-28H,5-19H2,1-4H3/t20?,21-,22?,23?,24?,25?,26?,27?,28?/m1/s1. The number of ether oxygens (including phenoxy) is 4. The maximum atomic E-state index is 15.3. The average Bonchev–Trinajstić information content (AvgIpc) is 2.89. The highest BCUT2D eigenvalue weighted by Crippen LogP contribution is 2.44. The molecule has 4 unspecified atom stereocenters. The van der Waals surface area contributed by atoms with Crippen LogP contribution in [0.25, 0.3) is 0 Å². The average molecular weight is 527 g/mol. The Bertz CT molecular complexity index is 686. The first-order chi connectivity index (χ1) is 17.8. The molecule has 0 aromatic rings. The molecule has 3 aliphatic rings. The molecular weight excluding hydrogens is 475 g/mol. The maximum Gasteiger partial charge on any atom is 0.334 e. The third-order valence-corrected chi connectivity index (χ3v) is 9.06. The van der Waals surface area contributed by atoms with Gasteiger partial charge in [-0.15, -0.1) is 0 Å². The second kappa shape index (κ2) is 15.4. The van der Waals surface area contributed by atoms with Gasteiger partial charge in [0.05, 0.1) is 25.4 Å². The summed E-state index contributed by atoms with van der Waals surface area (Å²) in [5.41, 5.74) is 0. The lowest BCUT2D eigenvalue weighted by Crippen LogP contribution is -2.36. The summed E-state index contributed by atoms with van der Waals surface area (Å²) < 4.78 is 37.2. The maximum absolute atomic E-state index is 15.3. The highest BCUT2D eigenvalue weighted by molar-refractivity contribution is 5.74. The fourth-order valence-corrected chi connectivity index (χ4v) is 6.90. The summed E-state index contributed by atoms with van der Waals surface area (Å²) in [6, 6.07) is 0. The molecule has 5 atom stereocenters. The van der Waals surface area contributed by atoms with Gasteiger partial charge in [0.2, 0.25) is 0 Å². The van der Waals surface area contributed by atoms with E-state index in [1.54, 1.807) is 20.8 Å². The summed E-state index contributed by atoms with van der Waals surface area (Å²) in [7, 11) is 0. The summed E-state index contributed by atoms with van der Waals surface area (Å²) in [6.45, 7) is 7.90. The van der Waals surface area contributed by atoms with Gasteiger partial charge in [0.15, 0.2) is 12.2 Å². The monoisotopic (exact) mass is 526 g/mol. The quantitative estimate of drug-likeness (QED) is 0.268. The van der Waals surface area contributed by atoms with Gasteiger partial charge in [0.1, 0.15) is 6.17 Å². The minimum Gasteiger partial charge on any atom is -0.464 e. The zero-order valence-electron chi connectivity index (χ0n) is 23.6. The molecule has 0 N–H and O–H groups in total. The van der Waals surface area contributed by atoms with Crippen molar-refractivity contribution in [3.05, 3.63) is 0 Å². The van der Waals surface area contributed by atoms with E-state index in [1.165, 1.54) is 6.42 Å². The van der Waals surface area contributed by atoms with Crippen LogP contribution in [0.4, 0.5) is 4.39 Å². The summed E-state index contributed by atoms with van der Waals surface area (Å²) in [6.07, 6.45) is 11.8. The lowest BCUT2D eigenvalue weighted by Gasteiger charge is -2.40. The predicted octanol–water partition coefficient (Wildman–Crippen LogP) is 6.58. The molecule has 37 heavy (non-hydrogen) atoms. The number of hydrogen-bond donors (Lipinski definition) is 0. The first-order valence-corrected chi connectivity index (χ1v) is 15.1. The van der Waals surface area contributed by atoms with Crippen LogP contribution in [0.3, 0.4) is 0 Å². The second-order valence-corrected chi connectivity index (χ2v) is 11.7. The van der Waals surface area contributed by atoms with Crippen LogP contribution in [0.1, 0.15) is 111 Å². The Morgan fingerprint density at radius 1 is 0.703 bits per heavy atom. The van der Waals surface area contributed by atoms with E-state index < -0.39 is 18.4 Å².